The van der Waals surface area contributed by atoms with E-state index in [0.717, 1.165) is 22.1 Å². The molecule has 2 aromatic carbocycles. The first-order valence-electron chi connectivity index (χ1n) is 7.14. The van der Waals surface area contributed by atoms with Crippen LogP contribution < -0.4 is 10.2 Å². The minimum absolute atomic E-state index is 0.164. The molecule has 3 rings (SSSR count). The normalized spacial score (nSPS) is 12.9. The number of nitrogens with zero attached hydrogens (tertiary/aromatic N) is 1. The molecule has 118 valence electrons. The smallest absolute Gasteiger partial charge is 0.259 e. The van der Waals surface area contributed by atoms with Crippen LogP contribution in [0.3, 0.4) is 0 Å². The van der Waals surface area contributed by atoms with Gasteiger partial charge in [0.2, 0.25) is 5.91 Å². The van der Waals surface area contributed by atoms with Gasteiger partial charge >= 0.3 is 0 Å². The lowest BCUT2D eigenvalue weighted by Crippen LogP contribution is -2.30. The molecule has 0 atom stereocenters. The van der Waals surface area contributed by atoms with Crippen molar-refractivity contribution in [3.05, 3.63) is 57.0 Å². The molecule has 1 aliphatic heterocycles. The van der Waals surface area contributed by atoms with Crippen molar-refractivity contribution in [2.45, 2.75) is 13.3 Å². The molecule has 1 heterocycles. The van der Waals surface area contributed by atoms with Crippen molar-refractivity contribution in [2.24, 2.45) is 0 Å². The van der Waals surface area contributed by atoms with Crippen molar-refractivity contribution >= 4 is 50.7 Å². The van der Waals surface area contributed by atoms with E-state index in [4.69, 9.17) is 11.6 Å². The summed E-state index contributed by atoms with van der Waals surface area (Å²) in [5.41, 5.74) is 2.84. The van der Waals surface area contributed by atoms with Crippen LogP contribution in [0.15, 0.2) is 40.9 Å². The number of carbonyl (C=O) groups excluding carboxylic acids is 2. The van der Waals surface area contributed by atoms with Gasteiger partial charge in [0.05, 0.1) is 22.0 Å². The summed E-state index contributed by atoms with van der Waals surface area (Å²) in [4.78, 5) is 26.0. The fourth-order valence-electron chi connectivity index (χ4n) is 2.78. The third-order valence-corrected chi connectivity index (χ3v) is 4.48. The SMILES string of the molecule is CC(=O)Nc1cc(Br)cc2c1N(C(=O)c1ccccc1Cl)CC2. The molecule has 1 N–H and O–H groups in total. The van der Waals surface area contributed by atoms with Crippen molar-refractivity contribution in [3.63, 3.8) is 0 Å². The van der Waals surface area contributed by atoms with Gasteiger partial charge in [0, 0.05) is 17.9 Å². The summed E-state index contributed by atoms with van der Waals surface area (Å²) >= 11 is 9.59. The molecule has 0 saturated heterocycles. The molecule has 4 nitrogen and oxygen atoms in total. The van der Waals surface area contributed by atoms with E-state index in [2.05, 4.69) is 21.2 Å². The van der Waals surface area contributed by atoms with Crippen molar-refractivity contribution in [3.8, 4) is 0 Å². The Balaban J connectivity index is 2.05. The van der Waals surface area contributed by atoms with Crippen molar-refractivity contribution < 1.29 is 9.59 Å². The van der Waals surface area contributed by atoms with Crippen LogP contribution >= 0.6 is 27.5 Å². The summed E-state index contributed by atoms with van der Waals surface area (Å²) in [7, 11) is 0. The van der Waals surface area contributed by atoms with Gasteiger partial charge in [-0.15, -0.1) is 0 Å². The number of halogens is 2. The van der Waals surface area contributed by atoms with Crippen LogP contribution in [0.4, 0.5) is 11.4 Å². The lowest BCUT2D eigenvalue weighted by atomic mass is 10.1. The summed E-state index contributed by atoms with van der Waals surface area (Å²) in [6.45, 7) is 2.00. The monoisotopic (exact) mass is 392 g/mol. The zero-order valence-electron chi connectivity index (χ0n) is 12.4. The molecule has 1 aliphatic rings. The van der Waals surface area contributed by atoms with Crippen LogP contribution in [0.5, 0.6) is 0 Å². The van der Waals surface area contributed by atoms with E-state index in [0.29, 0.717) is 22.8 Å². The summed E-state index contributed by atoms with van der Waals surface area (Å²) in [6.07, 6.45) is 0.734. The number of hydrogen-bond donors (Lipinski definition) is 1. The van der Waals surface area contributed by atoms with Gasteiger partial charge in [0.25, 0.3) is 5.91 Å². The molecule has 0 spiro atoms. The van der Waals surface area contributed by atoms with Crippen LogP contribution in [0.1, 0.15) is 22.8 Å². The standard InChI is InChI=1S/C17H14BrClN2O2/c1-10(22)20-15-9-12(18)8-11-6-7-21(16(11)15)17(23)13-4-2-3-5-14(13)19/h2-5,8-9H,6-7H2,1H3,(H,20,22). The minimum atomic E-state index is -0.178. The van der Waals surface area contributed by atoms with E-state index in [9.17, 15) is 9.59 Å². The number of hydrogen-bond acceptors (Lipinski definition) is 2. The van der Waals surface area contributed by atoms with E-state index in [1.165, 1.54) is 6.92 Å². The van der Waals surface area contributed by atoms with Gasteiger partial charge in [-0.2, -0.15) is 0 Å². The van der Waals surface area contributed by atoms with Gasteiger partial charge in [-0.05, 0) is 36.2 Å². The molecule has 0 fully saturated rings. The highest BCUT2D eigenvalue weighted by molar-refractivity contribution is 9.10. The van der Waals surface area contributed by atoms with Crippen molar-refractivity contribution in [2.75, 3.05) is 16.8 Å². The highest BCUT2D eigenvalue weighted by atomic mass is 79.9. The summed E-state index contributed by atoms with van der Waals surface area (Å²) in [6, 6.07) is 10.8. The van der Waals surface area contributed by atoms with E-state index in [-0.39, 0.29) is 11.8 Å². The quantitative estimate of drug-likeness (QED) is 0.828. The van der Waals surface area contributed by atoms with Crippen LogP contribution in [-0.2, 0) is 11.2 Å². The molecule has 0 saturated carbocycles. The third-order valence-electron chi connectivity index (χ3n) is 3.69. The number of amides is 2. The Hall–Kier alpha value is -1.85. The van der Waals surface area contributed by atoms with Gasteiger partial charge < -0.3 is 10.2 Å². The Bertz CT molecular complexity index is 807. The highest BCUT2D eigenvalue weighted by Crippen LogP contribution is 2.39. The first kappa shape index (κ1) is 16.0. The fourth-order valence-corrected chi connectivity index (χ4v) is 3.50. The Labute approximate surface area is 147 Å². The topological polar surface area (TPSA) is 49.4 Å². The molecule has 0 aliphatic carbocycles. The Morgan fingerprint density at radius 3 is 2.70 bits per heavy atom. The van der Waals surface area contributed by atoms with Crippen LogP contribution in [0.2, 0.25) is 5.02 Å². The molecule has 6 heteroatoms. The molecule has 0 radical (unpaired) electrons. The largest absolute Gasteiger partial charge is 0.324 e. The maximum Gasteiger partial charge on any atom is 0.259 e. The molecular weight excluding hydrogens is 380 g/mol. The second-order valence-corrected chi connectivity index (χ2v) is 6.65. The lowest BCUT2D eigenvalue weighted by molar-refractivity contribution is -0.114. The number of rotatable bonds is 2. The molecule has 2 amide bonds. The maximum absolute atomic E-state index is 12.9. The van der Waals surface area contributed by atoms with E-state index >= 15 is 0 Å². The minimum Gasteiger partial charge on any atom is -0.324 e. The van der Waals surface area contributed by atoms with E-state index < -0.39 is 0 Å². The Morgan fingerprint density at radius 2 is 2.00 bits per heavy atom. The van der Waals surface area contributed by atoms with Crippen LogP contribution in [-0.4, -0.2) is 18.4 Å². The van der Waals surface area contributed by atoms with Crippen molar-refractivity contribution in [1.82, 2.24) is 0 Å². The fraction of sp³-hybridized carbons (Fsp3) is 0.176. The predicted molar refractivity (Wildman–Crippen MR) is 95.3 cm³/mol. The zero-order chi connectivity index (χ0) is 16.6. The summed E-state index contributed by atoms with van der Waals surface area (Å²) < 4.78 is 0.868. The molecular formula is C17H14BrClN2O2. The van der Waals surface area contributed by atoms with Crippen LogP contribution in [0.25, 0.3) is 0 Å². The van der Waals surface area contributed by atoms with Gasteiger partial charge in [0.1, 0.15) is 0 Å². The van der Waals surface area contributed by atoms with Gasteiger partial charge in [0.15, 0.2) is 0 Å². The molecule has 0 unspecified atom stereocenters. The molecule has 0 bridgehead atoms. The Morgan fingerprint density at radius 1 is 1.26 bits per heavy atom. The number of benzene rings is 2. The van der Waals surface area contributed by atoms with E-state index in [1.807, 2.05) is 6.07 Å². The number of carbonyl (C=O) groups is 2. The van der Waals surface area contributed by atoms with E-state index in [1.54, 1.807) is 35.2 Å². The lowest BCUT2D eigenvalue weighted by Gasteiger charge is -2.21. The highest BCUT2D eigenvalue weighted by Gasteiger charge is 2.29. The molecule has 23 heavy (non-hydrogen) atoms. The van der Waals surface area contributed by atoms with Gasteiger partial charge in [-0.25, -0.2) is 0 Å². The summed E-state index contributed by atoms with van der Waals surface area (Å²) in [5, 5.41) is 3.22. The molecule has 0 aromatic heterocycles. The van der Waals surface area contributed by atoms with Gasteiger partial charge in [-0.3, -0.25) is 9.59 Å². The van der Waals surface area contributed by atoms with Gasteiger partial charge in [-0.1, -0.05) is 39.7 Å². The first-order valence-corrected chi connectivity index (χ1v) is 8.31. The first-order chi connectivity index (χ1) is 11.0. The number of fused-ring (bicyclic) bond motifs is 1. The second-order valence-electron chi connectivity index (χ2n) is 5.33. The number of nitrogens with one attached hydrogen (secondary N) is 1. The van der Waals surface area contributed by atoms with Crippen molar-refractivity contribution in [1.29, 1.82) is 0 Å². The third kappa shape index (κ3) is 3.12. The average Bonchev–Trinajstić information content (AvgIpc) is 2.90. The maximum atomic E-state index is 12.9. The summed E-state index contributed by atoms with van der Waals surface area (Å²) in [5.74, 6) is -0.342. The molecule has 2 aromatic rings. The average molecular weight is 394 g/mol. The zero-order valence-corrected chi connectivity index (χ0v) is 14.7. The Kier molecular flexibility index (Phi) is 4.41. The van der Waals surface area contributed by atoms with Crippen LogP contribution in [0, 0.1) is 0 Å². The number of anilines is 2. The second kappa shape index (κ2) is 6.34. The predicted octanol–water partition coefficient (Wildman–Crippen LogP) is 4.26.